The van der Waals surface area contributed by atoms with Crippen LogP contribution in [0.2, 0.25) is 5.02 Å². The maximum atomic E-state index is 13.6. The molecule has 1 aromatic carbocycles. The van der Waals surface area contributed by atoms with Gasteiger partial charge in [-0.25, -0.2) is 4.39 Å². The second kappa shape index (κ2) is 7.69. The highest BCUT2D eigenvalue weighted by atomic mass is 35.5. The molecule has 0 bridgehead atoms. The molecule has 1 amide bonds. The fraction of sp³-hybridized carbons (Fsp3) is 0.667. The lowest BCUT2D eigenvalue weighted by Crippen LogP contribution is -2.60. The van der Waals surface area contributed by atoms with E-state index in [2.05, 4.69) is 4.90 Å². The Labute approximate surface area is 165 Å². The van der Waals surface area contributed by atoms with Gasteiger partial charge in [-0.3, -0.25) is 9.69 Å². The fourth-order valence-electron chi connectivity index (χ4n) is 5.05. The SMILES string of the molecule is O=C(C1CCCC1)N1CCC2(O)CCN(Cc3cc(F)ccc3Cl)CC2C1. The Morgan fingerprint density at radius 3 is 2.74 bits per heavy atom. The van der Waals surface area contributed by atoms with Gasteiger partial charge >= 0.3 is 0 Å². The first-order chi connectivity index (χ1) is 12.9. The van der Waals surface area contributed by atoms with Crippen LogP contribution < -0.4 is 0 Å². The zero-order chi connectivity index (χ0) is 19.0. The molecule has 2 atom stereocenters. The molecule has 2 saturated heterocycles. The summed E-state index contributed by atoms with van der Waals surface area (Å²) in [5, 5.41) is 11.7. The van der Waals surface area contributed by atoms with E-state index in [1.807, 2.05) is 4.90 Å². The van der Waals surface area contributed by atoms with E-state index in [1.165, 1.54) is 12.1 Å². The van der Waals surface area contributed by atoms with Gasteiger partial charge in [0.15, 0.2) is 0 Å². The van der Waals surface area contributed by atoms with Gasteiger partial charge in [0.1, 0.15) is 5.82 Å². The van der Waals surface area contributed by atoms with Gasteiger partial charge in [0.05, 0.1) is 5.60 Å². The standard InChI is InChI=1S/C21H28ClFN2O2/c22-19-6-5-18(23)11-16(19)12-24-9-7-21(27)8-10-25(14-17(21)13-24)20(26)15-3-1-2-4-15/h5-6,11,15,17,27H,1-4,7-10,12-14H2. The molecule has 1 N–H and O–H groups in total. The number of amides is 1. The van der Waals surface area contributed by atoms with Crippen molar-refractivity contribution in [3.63, 3.8) is 0 Å². The third-order valence-corrected chi connectivity index (χ3v) is 7.14. The van der Waals surface area contributed by atoms with Crippen LogP contribution in [0.4, 0.5) is 4.39 Å². The molecule has 2 heterocycles. The summed E-state index contributed by atoms with van der Waals surface area (Å²) in [6, 6.07) is 4.45. The zero-order valence-electron chi connectivity index (χ0n) is 15.7. The Bertz CT molecular complexity index is 709. The number of halogens is 2. The van der Waals surface area contributed by atoms with E-state index in [1.54, 1.807) is 6.07 Å². The van der Waals surface area contributed by atoms with Crippen LogP contribution >= 0.6 is 11.6 Å². The van der Waals surface area contributed by atoms with Crippen molar-refractivity contribution < 1.29 is 14.3 Å². The Balaban J connectivity index is 1.42. The average molecular weight is 395 g/mol. The fourth-order valence-corrected chi connectivity index (χ4v) is 5.23. The number of benzene rings is 1. The van der Waals surface area contributed by atoms with E-state index < -0.39 is 5.60 Å². The van der Waals surface area contributed by atoms with E-state index >= 15 is 0 Å². The second-order valence-electron chi connectivity index (χ2n) is 8.54. The van der Waals surface area contributed by atoms with Crippen molar-refractivity contribution in [2.45, 2.75) is 50.7 Å². The number of carbonyl (C=O) groups is 1. The normalized spacial score (nSPS) is 29.7. The maximum Gasteiger partial charge on any atom is 0.225 e. The van der Waals surface area contributed by atoms with E-state index in [4.69, 9.17) is 11.6 Å². The van der Waals surface area contributed by atoms with Crippen LogP contribution in [0.3, 0.4) is 0 Å². The molecule has 148 valence electrons. The number of hydrogen-bond acceptors (Lipinski definition) is 3. The van der Waals surface area contributed by atoms with Gasteiger partial charge < -0.3 is 10.0 Å². The van der Waals surface area contributed by atoms with E-state index in [9.17, 15) is 14.3 Å². The summed E-state index contributed by atoms with van der Waals surface area (Å²) in [6.07, 6.45) is 5.67. The molecule has 2 aliphatic heterocycles. The lowest BCUT2D eigenvalue weighted by Gasteiger charge is -2.50. The maximum absolute atomic E-state index is 13.6. The quantitative estimate of drug-likeness (QED) is 0.853. The summed E-state index contributed by atoms with van der Waals surface area (Å²) in [5.74, 6) is 0.216. The Hall–Kier alpha value is -1.17. The molecule has 0 radical (unpaired) electrons. The van der Waals surface area contributed by atoms with Crippen LogP contribution in [-0.2, 0) is 11.3 Å². The number of hydrogen-bond donors (Lipinski definition) is 1. The molecule has 27 heavy (non-hydrogen) atoms. The highest BCUT2D eigenvalue weighted by molar-refractivity contribution is 6.31. The third kappa shape index (κ3) is 4.01. The molecule has 3 fully saturated rings. The van der Waals surface area contributed by atoms with E-state index in [0.717, 1.165) is 37.8 Å². The van der Waals surface area contributed by atoms with Gasteiger partial charge in [0.25, 0.3) is 0 Å². The average Bonchev–Trinajstić information content (AvgIpc) is 3.19. The monoisotopic (exact) mass is 394 g/mol. The highest BCUT2D eigenvalue weighted by Gasteiger charge is 2.46. The van der Waals surface area contributed by atoms with Gasteiger partial charge in [-0.15, -0.1) is 0 Å². The molecule has 4 rings (SSSR count). The number of carbonyl (C=O) groups excluding carboxylic acids is 1. The molecule has 2 unspecified atom stereocenters. The molecular weight excluding hydrogens is 367 g/mol. The van der Waals surface area contributed by atoms with Crippen LogP contribution in [-0.4, -0.2) is 52.6 Å². The van der Waals surface area contributed by atoms with Gasteiger partial charge in [-0.1, -0.05) is 24.4 Å². The number of piperidine rings is 2. The van der Waals surface area contributed by atoms with Gasteiger partial charge in [-0.2, -0.15) is 0 Å². The van der Waals surface area contributed by atoms with Gasteiger partial charge in [0, 0.05) is 49.6 Å². The number of rotatable bonds is 3. The second-order valence-corrected chi connectivity index (χ2v) is 8.94. The first kappa shape index (κ1) is 19.2. The molecule has 1 saturated carbocycles. The Morgan fingerprint density at radius 1 is 1.22 bits per heavy atom. The highest BCUT2D eigenvalue weighted by Crippen LogP contribution is 2.37. The van der Waals surface area contributed by atoms with Crippen LogP contribution in [0.15, 0.2) is 18.2 Å². The summed E-state index contributed by atoms with van der Waals surface area (Å²) in [4.78, 5) is 17.0. The summed E-state index contributed by atoms with van der Waals surface area (Å²) < 4.78 is 13.6. The van der Waals surface area contributed by atoms with Crippen LogP contribution in [0, 0.1) is 17.7 Å². The van der Waals surface area contributed by atoms with Crippen LogP contribution in [0.25, 0.3) is 0 Å². The predicted octanol–water partition coefficient (Wildman–Crippen LogP) is 3.45. The Morgan fingerprint density at radius 2 is 1.96 bits per heavy atom. The third-order valence-electron chi connectivity index (χ3n) is 6.77. The summed E-state index contributed by atoms with van der Waals surface area (Å²) >= 11 is 6.22. The zero-order valence-corrected chi connectivity index (χ0v) is 16.4. The summed E-state index contributed by atoms with van der Waals surface area (Å²) in [7, 11) is 0. The van der Waals surface area contributed by atoms with Crippen molar-refractivity contribution in [1.82, 2.24) is 9.80 Å². The molecule has 1 aliphatic carbocycles. The lowest BCUT2D eigenvalue weighted by atomic mass is 9.75. The van der Waals surface area contributed by atoms with Gasteiger partial charge in [-0.05, 0) is 49.4 Å². The number of nitrogens with zero attached hydrogens (tertiary/aromatic N) is 2. The molecule has 0 aromatic heterocycles. The minimum Gasteiger partial charge on any atom is -0.389 e. The first-order valence-corrected chi connectivity index (χ1v) is 10.5. The van der Waals surface area contributed by atoms with Crippen molar-refractivity contribution in [2.75, 3.05) is 26.2 Å². The molecule has 6 heteroatoms. The smallest absolute Gasteiger partial charge is 0.225 e. The molecule has 1 aromatic rings. The van der Waals surface area contributed by atoms with Crippen LogP contribution in [0.5, 0.6) is 0 Å². The Kier molecular flexibility index (Phi) is 5.45. The van der Waals surface area contributed by atoms with Crippen molar-refractivity contribution in [1.29, 1.82) is 0 Å². The van der Waals surface area contributed by atoms with Crippen molar-refractivity contribution in [2.24, 2.45) is 11.8 Å². The summed E-state index contributed by atoms with van der Waals surface area (Å²) in [5.41, 5.74) is 0.0890. The van der Waals surface area contributed by atoms with Crippen molar-refractivity contribution in [3.8, 4) is 0 Å². The number of likely N-dealkylation sites (tertiary alicyclic amines) is 2. The topological polar surface area (TPSA) is 43.8 Å². The predicted molar refractivity (Wildman–Crippen MR) is 103 cm³/mol. The van der Waals surface area contributed by atoms with Crippen molar-refractivity contribution in [3.05, 3.63) is 34.6 Å². The molecule has 0 spiro atoms. The molecule has 3 aliphatic rings. The molecule has 4 nitrogen and oxygen atoms in total. The lowest BCUT2D eigenvalue weighted by molar-refractivity contribution is -0.150. The van der Waals surface area contributed by atoms with Gasteiger partial charge in [0.2, 0.25) is 5.91 Å². The van der Waals surface area contributed by atoms with Crippen molar-refractivity contribution >= 4 is 17.5 Å². The van der Waals surface area contributed by atoms with E-state index in [0.29, 0.717) is 44.0 Å². The minimum absolute atomic E-state index is 0.0395. The number of aliphatic hydroxyl groups is 1. The minimum atomic E-state index is -0.686. The number of fused-ring (bicyclic) bond motifs is 1. The summed E-state index contributed by atoms with van der Waals surface area (Å²) in [6.45, 7) is 3.32. The van der Waals surface area contributed by atoms with Crippen LogP contribution in [0.1, 0.15) is 44.1 Å². The molecular formula is C21H28ClFN2O2. The van der Waals surface area contributed by atoms with E-state index in [-0.39, 0.29) is 23.6 Å². The largest absolute Gasteiger partial charge is 0.389 e. The first-order valence-electron chi connectivity index (χ1n) is 10.1.